The summed E-state index contributed by atoms with van der Waals surface area (Å²) in [5.41, 5.74) is -1.16. The van der Waals surface area contributed by atoms with Crippen molar-refractivity contribution in [1.82, 2.24) is 9.80 Å². The fraction of sp³-hybridized carbons (Fsp3) is 0.762. The van der Waals surface area contributed by atoms with Gasteiger partial charge in [-0.15, -0.1) is 6.58 Å². The molecule has 0 aliphatic carbocycles. The Balaban J connectivity index is 1.98. The van der Waals surface area contributed by atoms with E-state index in [0.717, 1.165) is 19.3 Å². The summed E-state index contributed by atoms with van der Waals surface area (Å²) in [6.07, 6.45) is 4.58. The molecular formula is C21H31BrN2O6. The Morgan fingerprint density at radius 2 is 2.13 bits per heavy atom. The zero-order chi connectivity index (χ0) is 22.1. The second-order valence-corrected chi connectivity index (χ2v) is 9.57. The van der Waals surface area contributed by atoms with Gasteiger partial charge in [0.1, 0.15) is 11.6 Å². The zero-order valence-corrected chi connectivity index (χ0v) is 18.9. The van der Waals surface area contributed by atoms with Crippen LogP contribution >= 0.6 is 15.9 Å². The number of halogens is 1. The summed E-state index contributed by atoms with van der Waals surface area (Å²) < 4.78 is 6.21. The number of carboxylic acid groups (broad SMARTS) is 1. The van der Waals surface area contributed by atoms with Crippen LogP contribution in [0.2, 0.25) is 0 Å². The van der Waals surface area contributed by atoms with Crippen molar-refractivity contribution in [2.75, 3.05) is 26.2 Å². The van der Waals surface area contributed by atoms with Gasteiger partial charge < -0.3 is 24.7 Å². The Labute approximate surface area is 185 Å². The molecule has 0 aromatic rings. The number of aliphatic carboxylic acids is 1. The van der Waals surface area contributed by atoms with E-state index in [0.29, 0.717) is 25.9 Å². The molecule has 0 saturated carbocycles. The fourth-order valence-corrected chi connectivity index (χ4v) is 6.29. The molecule has 2 N–H and O–H groups in total. The predicted molar refractivity (Wildman–Crippen MR) is 113 cm³/mol. The van der Waals surface area contributed by atoms with Gasteiger partial charge in [0.25, 0.3) is 0 Å². The number of hydrogen-bond acceptors (Lipinski definition) is 5. The number of carbonyl (C=O) groups is 3. The Hall–Kier alpha value is -1.45. The summed E-state index contributed by atoms with van der Waals surface area (Å²) in [5, 5.41) is 19.1. The predicted octanol–water partition coefficient (Wildman–Crippen LogP) is 1.41. The third kappa shape index (κ3) is 3.69. The maximum absolute atomic E-state index is 13.7. The summed E-state index contributed by atoms with van der Waals surface area (Å²) >= 11 is 3.52. The monoisotopic (exact) mass is 486 g/mol. The fourth-order valence-electron chi connectivity index (χ4n) is 5.35. The quantitative estimate of drug-likeness (QED) is 0.259. The van der Waals surface area contributed by atoms with E-state index in [9.17, 15) is 24.6 Å². The van der Waals surface area contributed by atoms with Crippen LogP contribution < -0.4 is 0 Å². The number of unbranched alkanes of at least 4 members (excludes halogenated alkanes) is 2. The second kappa shape index (κ2) is 9.36. The van der Waals surface area contributed by atoms with Crippen molar-refractivity contribution in [3.05, 3.63) is 12.7 Å². The van der Waals surface area contributed by atoms with Crippen LogP contribution in [0.5, 0.6) is 0 Å². The average Bonchev–Trinajstić information content (AvgIpc) is 3.29. The minimum Gasteiger partial charge on any atom is -0.481 e. The van der Waals surface area contributed by atoms with Gasteiger partial charge >= 0.3 is 5.97 Å². The average molecular weight is 487 g/mol. The lowest BCUT2D eigenvalue weighted by Crippen LogP contribution is -2.57. The summed E-state index contributed by atoms with van der Waals surface area (Å²) in [4.78, 5) is 42.0. The van der Waals surface area contributed by atoms with E-state index in [1.165, 1.54) is 4.90 Å². The molecule has 3 aliphatic rings. The highest BCUT2D eigenvalue weighted by Crippen LogP contribution is 2.60. The lowest BCUT2D eigenvalue weighted by Gasteiger charge is -2.37. The van der Waals surface area contributed by atoms with Gasteiger partial charge in [-0.2, -0.15) is 0 Å². The summed E-state index contributed by atoms with van der Waals surface area (Å²) in [7, 11) is 0. The van der Waals surface area contributed by atoms with Crippen molar-refractivity contribution in [1.29, 1.82) is 0 Å². The van der Waals surface area contributed by atoms with Crippen LogP contribution in [0, 0.1) is 11.8 Å². The van der Waals surface area contributed by atoms with E-state index in [-0.39, 0.29) is 29.8 Å². The van der Waals surface area contributed by atoms with Crippen molar-refractivity contribution < 1.29 is 29.3 Å². The third-order valence-electron chi connectivity index (χ3n) is 6.56. The minimum atomic E-state index is -1.16. The molecule has 0 radical (unpaired) electrons. The van der Waals surface area contributed by atoms with E-state index >= 15 is 0 Å². The first-order chi connectivity index (χ1) is 14.3. The summed E-state index contributed by atoms with van der Waals surface area (Å²) in [6.45, 7) is 6.80. The molecule has 9 heteroatoms. The first-order valence-corrected chi connectivity index (χ1v) is 11.6. The normalized spacial score (nSPS) is 34.3. The molecule has 2 bridgehead atoms. The van der Waals surface area contributed by atoms with Crippen molar-refractivity contribution >= 4 is 33.7 Å². The first kappa shape index (κ1) is 23.2. The number of carboxylic acids is 1. The molecule has 6 atom stereocenters. The Kier molecular flexibility index (Phi) is 7.24. The molecule has 3 saturated heterocycles. The number of hydrogen-bond donors (Lipinski definition) is 2. The molecule has 3 heterocycles. The number of carbonyl (C=O) groups excluding carboxylic acids is 2. The number of likely N-dealkylation sites (tertiary alicyclic amines) is 1. The lowest BCUT2D eigenvalue weighted by molar-refractivity contribution is -0.150. The van der Waals surface area contributed by atoms with Crippen LogP contribution in [0.4, 0.5) is 0 Å². The second-order valence-electron chi connectivity index (χ2n) is 8.39. The molecule has 168 valence electrons. The first-order valence-electron chi connectivity index (χ1n) is 10.7. The van der Waals surface area contributed by atoms with E-state index in [2.05, 4.69) is 29.4 Å². The van der Waals surface area contributed by atoms with Crippen LogP contribution in [0.15, 0.2) is 12.7 Å². The molecule has 2 amide bonds. The Morgan fingerprint density at radius 3 is 2.73 bits per heavy atom. The molecule has 0 aromatic carbocycles. The number of alkyl halides is 1. The van der Waals surface area contributed by atoms with Gasteiger partial charge in [-0.25, -0.2) is 0 Å². The van der Waals surface area contributed by atoms with Gasteiger partial charge in [0.2, 0.25) is 11.8 Å². The van der Waals surface area contributed by atoms with Crippen LogP contribution in [0.3, 0.4) is 0 Å². The van der Waals surface area contributed by atoms with Crippen molar-refractivity contribution in [3.8, 4) is 0 Å². The van der Waals surface area contributed by atoms with E-state index in [1.54, 1.807) is 11.0 Å². The smallest absolute Gasteiger partial charge is 0.310 e. The number of aliphatic hydroxyl groups excluding tert-OH is 1. The van der Waals surface area contributed by atoms with Gasteiger partial charge in [0, 0.05) is 31.1 Å². The highest BCUT2D eigenvalue weighted by Gasteiger charge is 2.76. The van der Waals surface area contributed by atoms with Crippen molar-refractivity contribution in [2.24, 2.45) is 11.8 Å². The molecule has 3 rings (SSSR count). The van der Waals surface area contributed by atoms with E-state index < -0.39 is 35.6 Å². The maximum Gasteiger partial charge on any atom is 0.310 e. The number of fused-ring (bicyclic) bond motifs is 1. The van der Waals surface area contributed by atoms with Gasteiger partial charge in [-0.1, -0.05) is 41.8 Å². The van der Waals surface area contributed by atoms with Crippen LogP contribution in [-0.4, -0.2) is 86.6 Å². The molecule has 1 spiro atoms. The Bertz CT molecular complexity index is 703. The number of ether oxygens (including phenoxy) is 1. The number of aliphatic hydroxyl groups is 1. The molecule has 30 heavy (non-hydrogen) atoms. The van der Waals surface area contributed by atoms with Crippen LogP contribution in [-0.2, 0) is 19.1 Å². The Morgan fingerprint density at radius 1 is 1.40 bits per heavy atom. The van der Waals surface area contributed by atoms with Crippen LogP contribution in [0.1, 0.15) is 39.0 Å². The SMILES string of the molecule is C=CCN(CCCCC)C(=O)C1N(CCCO)C(=O)[C@@H]2[C@H](C(=O)O)[C@H]3OC12CC3Br. The van der Waals surface area contributed by atoms with Crippen molar-refractivity contribution in [3.63, 3.8) is 0 Å². The van der Waals surface area contributed by atoms with Gasteiger partial charge in [-0.05, 0) is 19.3 Å². The van der Waals surface area contributed by atoms with Gasteiger partial charge in [0.15, 0.2) is 0 Å². The largest absolute Gasteiger partial charge is 0.481 e. The number of nitrogens with zero attached hydrogens (tertiary/aromatic N) is 2. The molecular weight excluding hydrogens is 456 g/mol. The van der Waals surface area contributed by atoms with Gasteiger partial charge in [0.05, 0.1) is 17.9 Å². The molecule has 3 aliphatic heterocycles. The molecule has 3 unspecified atom stereocenters. The van der Waals surface area contributed by atoms with E-state index in [1.807, 2.05) is 0 Å². The van der Waals surface area contributed by atoms with Crippen LogP contribution in [0.25, 0.3) is 0 Å². The minimum absolute atomic E-state index is 0.123. The van der Waals surface area contributed by atoms with Gasteiger partial charge in [-0.3, -0.25) is 14.4 Å². The number of amides is 2. The standard InChI is InChI=1S/C21H31BrN2O6/c1-3-5-6-9-23(8-4-2)19(27)17-21-12-13(22)16(30-21)14(20(28)29)15(21)18(26)24(17)10-7-11-25/h4,13-17,25H,2-3,5-12H2,1H3,(H,28,29)/t13?,14-,15-,16-,17?,21?/m0/s1. The summed E-state index contributed by atoms with van der Waals surface area (Å²) in [6, 6.07) is -0.891. The van der Waals surface area contributed by atoms with Crippen molar-refractivity contribution in [2.45, 2.75) is 61.6 Å². The van der Waals surface area contributed by atoms with E-state index in [4.69, 9.17) is 4.74 Å². The zero-order valence-electron chi connectivity index (χ0n) is 17.3. The highest BCUT2D eigenvalue weighted by atomic mass is 79.9. The lowest BCUT2D eigenvalue weighted by atomic mass is 9.70. The number of rotatable bonds is 11. The third-order valence-corrected chi connectivity index (χ3v) is 7.40. The maximum atomic E-state index is 13.7. The molecule has 8 nitrogen and oxygen atoms in total. The summed E-state index contributed by atoms with van der Waals surface area (Å²) in [5.74, 6) is -3.54. The molecule has 0 aromatic heterocycles. The topological polar surface area (TPSA) is 107 Å². The molecule has 3 fully saturated rings. The highest BCUT2D eigenvalue weighted by molar-refractivity contribution is 9.09.